The summed E-state index contributed by atoms with van der Waals surface area (Å²) in [5.41, 5.74) is 5.56. The van der Waals surface area contributed by atoms with Crippen molar-refractivity contribution in [2.24, 2.45) is 5.73 Å². The summed E-state index contributed by atoms with van der Waals surface area (Å²) >= 11 is 11.9. The Balaban J connectivity index is 2.10. The van der Waals surface area contributed by atoms with Gasteiger partial charge in [0.2, 0.25) is 5.78 Å². The fourth-order valence-corrected chi connectivity index (χ4v) is 3.01. The second-order valence-electron chi connectivity index (χ2n) is 5.59. The van der Waals surface area contributed by atoms with Crippen molar-refractivity contribution in [1.82, 2.24) is 0 Å². The highest BCUT2D eigenvalue weighted by Gasteiger charge is 2.25. The second kappa shape index (κ2) is 7.79. The third kappa shape index (κ3) is 4.03. The Hall–Kier alpha value is -3.23. The largest absolute Gasteiger partial charge is 0.482 e. The molecule has 3 aromatic rings. The maximum Gasteiger partial charge on any atom is 0.341 e. The van der Waals surface area contributed by atoms with Crippen LogP contribution in [0.3, 0.4) is 0 Å². The van der Waals surface area contributed by atoms with Crippen molar-refractivity contribution in [2.75, 3.05) is 11.9 Å². The van der Waals surface area contributed by atoms with Gasteiger partial charge < -0.3 is 25.3 Å². The first kappa shape index (κ1) is 19.5. The molecule has 28 heavy (non-hydrogen) atoms. The third-order valence-corrected chi connectivity index (χ3v) is 4.20. The molecule has 8 nitrogen and oxygen atoms in total. The lowest BCUT2D eigenvalue weighted by atomic mass is 10.1. The number of aliphatic carboxylic acids is 1. The maximum atomic E-state index is 12.9. The molecule has 4 N–H and O–H groups in total. The maximum absolute atomic E-state index is 12.9. The molecule has 144 valence electrons. The van der Waals surface area contributed by atoms with Crippen LogP contribution in [-0.4, -0.2) is 29.5 Å². The van der Waals surface area contributed by atoms with Crippen molar-refractivity contribution in [2.45, 2.75) is 0 Å². The van der Waals surface area contributed by atoms with Gasteiger partial charge in [-0.3, -0.25) is 4.79 Å². The van der Waals surface area contributed by atoms with E-state index in [1.165, 1.54) is 36.4 Å². The summed E-state index contributed by atoms with van der Waals surface area (Å²) < 4.78 is 10.7. The number of fused-ring (bicyclic) bond motifs is 1. The second-order valence-corrected chi connectivity index (χ2v) is 6.43. The van der Waals surface area contributed by atoms with Gasteiger partial charge in [0, 0.05) is 22.0 Å². The highest BCUT2D eigenvalue weighted by Crippen LogP contribution is 2.36. The van der Waals surface area contributed by atoms with Crippen LogP contribution in [0.4, 0.5) is 10.5 Å². The Morgan fingerprint density at radius 1 is 1.14 bits per heavy atom. The number of ketones is 1. The molecular weight excluding hydrogens is 411 g/mol. The minimum atomic E-state index is -1.15. The Labute approximate surface area is 167 Å². The fraction of sp³-hybridized carbons (Fsp3) is 0.0556. The number of urea groups is 1. The van der Waals surface area contributed by atoms with Crippen LogP contribution in [0.5, 0.6) is 5.75 Å². The Kier molecular flexibility index (Phi) is 5.43. The molecule has 0 aliphatic heterocycles. The van der Waals surface area contributed by atoms with Gasteiger partial charge in [0.1, 0.15) is 17.0 Å². The number of primary amides is 1. The highest BCUT2D eigenvalue weighted by atomic mass is 35.5. The van der Waals surface area contributed by atoms with Crippen molar-refractivity contribution >= 4 is 57.6 Å². The highest BCUT2D eigenvalue weighted by molar-refractivity contribution is 6.37. The number of carbonyl (C=O) groups is 3. The summed E-state index contributed by atoms with van der Waals surface area (Å²) in [6.07, 6.45) is 0. The number of carboxylic acids is 1. The molecule has 0 aliphatic rings. The molecule has 0 unspecified atom stereocenters. The van der Waals surface area contributed by atoms with Crippen LogP contribution in [0.25, 0.3) is 11.0 Å². The zero-order valence-electron chi connectivity index (χ0n) is 14.0. The molecular formula is C18H12Cl2N2O6. The van der Waals surface area contributed by atoms with E-state index >= 15 is 0 Å². The number of ether oxygens (including phenoxy) is 1. The van der Waals surface area contributed by atoms with E-state index in [1.807, 2.05) is 0 Å². The van der Waals surface area contributed by atoms with Crippen LogP contribution in [-0.2, 0) is 4.79 Å². The van der Waals surface area contributed by atoms with Crippen LogP contribution in [0.2, 0.25) is 10.0 Å². The molecule has 3 rings (SSSR count). The van der Waals surface area contributed by atoms with E-state index in [1.54, 1.807) is 0 Å². The fourth-order valence-electron chi connectivity index (χ4n) is 2.51. The van der Waals surface area contributed by atoms with Gasteiger partial charge in [-0.2, -0.15) is 0 Å². The predicted octanol–water partition coefficient (Wildman–Crippen LogP) is 3.92. The molecule has 0 saturated carbocycles. The van der Waals surface area contributed by atoms with Gasteiger partial charge in [-0.15, -0.1) is 0 Å². The summed E-state index contributed by atoms with van der Waals surface area (Å²) in [6.45, 7) is -0.551. The molecule has 0 radical (unpaired) electrons. The number of benzene rings is 2. The summed E-state index contributed by atoms with van der Waals surface area (Å²) in [5, 5.41) is 11.9. The lowest BCUT2D eigenvalue weighted by Gasteiger charge is -2.05. The number of amides is 2. The molecule has 1 heterocycles. The van der Waals surface area contributed by atoms with Crippen LogP contribution in [0, 0.1) is 0 Å². The Bertz CT molecular complexity index is 1110. The van der Waals surface area contributed by atoms with Crippen molar-refractivity contribution in [3.05, 3.63) is 57.8 Å². The number of halogens is 2. The smallest absolute Gasteiger partial charge is 0.341 e. The number of furan rings is 1. The van der Waals surface area contributed by atoms with E-state index in [2.05, 4.69) is 5.32 Å². The number of nitrogens with two attached hydrogens (primary N) is 1. The SMILES string of the molecule is NC(=O)Nc1c(C(=O)c2ccc(Cl)cc2Cl)oc2cc(OCC(=O)O)ccc12. The molecule has 0 fully saturated rings. The summed E-state index contributed by atoms with van der Waals surface area (Å²) in [4.78, 5) is 35.0. The van der Waals surface area contributed by atoms with Gasteiger partial charge in [0.25, 0.3) is 0 Å². The molecule has 0 atom stereocenters. The Morgan fingerprint density at radius 3 is 2.54 bits per heavy atom. The number of rotatable bonds is 6. The number of nitrogens with one attached hydrogen (secondary N) is 1. The molecule has 0 bridgehead atoms. The number of hydrogen-bond acceptors (Lipinski definition) is 5. The number of carbonyl (C=O) groups excluding carboxylic acids is 2. The summed E-state index contributed by atoms with van der Waals surface area (Å²) in [5.74, 6) is -1.75. The third-order valence-electron chi connectivity index (χ3n) is 3.65. The summed E-state index contributed by atoms with van der Waals surface area (Å²) in [6, 6.07) is 7.78. The lowest BCUT2D eigenvalue weighted by molar-refractivity contribution is -0.139. The molecule has 0 aliphatic carbocycles. The van der Waals surface area contributed by atoms with E-state index in [9.17, 15) is 14.4 Å². The van der Waals surface area contributed by atoms with Crippen molar-refractivity contribution in [1.29, 1.82) is 0 Å². The van der Waals surface area contributed by atoms with Gasteiger partial charge in [0.05, 0.1) is 5.02 Å². The van der Waals surface area contributed by atoms with E-state index in [-0.39, 0.29) is 33.4 Å². The van der Waals surface area contributed by atoms with Crippen LogP contribution >= 0.6 is 23.2 Å². The molecule has 2 aromatic carbocycles. The average Bonchev–Trinajstić information content (AvgIpc) is 2.96. The topological polar surface area (TPSA) is 132 Å². The molecule has 1 aromatic heterocycles. The predicted molar refractivity (Wildman–Crippen MR) is 102 cm³/mol. The van der Waals surface area contributed by atoms with E-state index < -0.39 is 24.4 Å². The zero-order chi connectivity index (χ0) is 20.4. The number of carboxylic acid groups (broad SMARTS) is 1. The molecule has 0 saturated heterocycles. The van der Waals surface area contributed by atoms with Crippen molar-refractivity contribution < 1.29 is 28.6 Å². The number of hydrogen-bond donors (Lipinski definition) is 3. The first-order chi connectivity index (χ1) is 13.3. The van der Waals surface area contributed by atoms with Gasteiger partial charge in [-0.25, -0.2) is 9.59 Å². The van der Waals surface area contributed by atoms with Crippen LogP contribution < -0.4 is 15.8 Å². The first-order valence-electron chi connectivity index (χ1n) is 7.73. The van der Waals surface area contributed by atoms with Gasteiger partial charge in [-0.05, 0) is 30.3 Å². The van der Waals surface area contributed by atoms with E-state index in [0.29, 0.717) is 10.4 Å². The van der Waals surface area contributed by atoms with E-state index in [0.717, 1.165) is 0 Å². The van der Waals surface area contributed by atoms with Gasteiger partial charge >= 0.3 is 12.0 Å². The first-order valence-corrected chi connectivity index (χ1v) is 8.49. The standard InChI is InChI=1S/C18H12Cl2N2O6/c19-8-1-3-10(12(20)5-8)16(25)17-15(22-18(21)26)11-4-2-9(6-13(11)28-17)27-7-14(23)24/h1-6H,7H2,(H,23,24)(H3,21,22,26). The Morgan fingerprint density at radius 2 is 1.89 bits per heavy atom. The van der Waals surface area contributed by atoms with Crippen molar-refractivity contribution in [3.8, 4) is 5.75 Å². The average molecular weight is 423 g/mol. The molecule has 10 heteroatoms. The van der Waals surface area contributed by atoms with Gasteiger partial charge in [0.15, 0.2) is 12.4 Å². The minimum absolute atomic E-state index is 0.0586. The molecule has 0 spiro atoms. The van der Waals surface area contributed by atoms with Crippen molar-refractivity contribution in [3.63, 3.8) is 0 Å². The molecule has 2 amide bonds. The lowest BCUT2D eigenvalue weighted by Crippen LogP contribution is -2.20. The van der Waals surface area contributed by atoms with Crippen LogP contribution in [0.15, 0.2) is 40.8 Å². The van der Waals surface area contributed by atoms with Crippen LogP contribution in [0.1, 0.15) is 16.1 Å². The number of anilines is 1. The summed E-state index contributed by atoms with van der Waals surface area (Å²) in [7, 11) is 0. The van der Waals surface area contributed by atoms with E-state index in [4.69, 9.17) is 43.2 Å². The minimum Gasteiger partial charge on any atom is -0.482 e. The van der Waals surface area contributed by atoms with Gasteiger partial charge in [-0.1, -0.05) is 23.2 Å². The normalized spacial score (nSPS) is 10.6. The monoisotopic (exact) mass is 422 g/mol. The quantitative estimate of drug-likeness (QED) is 0.515. The zero-order valence-corrected chi connectivity index (χ0v) is 15.5.